The van der Waals surface area contributed by atoms with Crippen LogP contribution in [0.15, 0.2) is 36.5 Å². The van der Waals surface area contributed by atoms with Gasteiger partial charge >= 0.3 is 0 Å². The van der Waals surface area contributed by atoms with Gasteiger partial charge in [-0.1, -0.05) is 31.4 Å². The monoisotopic (exact) mass is 336 g/mol. The molecule has 0 saturated heterocycles. The summed E-state index contributed by atoms with van der Waals surface area (Å²) in [7, 11) is 0. The Morgan fingerprint density at radius 3 is 2.80 bits per heavy atom. The Kier molecular flexibility index (Phi) is 4.09. The molecule has 6 nitrogen and oxygen atoms in total. The van der Waals surface area contributed by atoms with Crippen LogP contribution in [0.5, 0.6) is 5.75 Å². The van der Waals surface area contributed by atoms with Crippen molar-refractivity contribution in [3.63, 3.8) is 0 Å². The molecule has 1 aliphatic carbocycles. The molecular weight excluding hydrogens is 316 g/mol. The van der Waals surface area contributed by atoms with Crippen LogP contribution in [0.4, 0.5) is 5.82 Å². The van der Waals surface area contributed by atoms with Gasteiger partial charge < -0.3 is 10.4 Å². The van der Waals surface area contributed by atoms with E-state index in [9.17, 15) is 9.90 Å². The molecule has 128 valence electrons. The molecule has 1 saturated carbocycles. The number of phenols is 1. The minimum Gasteiger partial charge on any atom is -0.508 e. The highest BCUT2D eigenvalue weighted by Gasteiger charge is 2.22. The van der Waals surface area contributed by atoms with Crippen molar-refractivity contribution in [3.8, 4) is 16.9 Å². The Bertz CT molecular complexity index is 913. The van der Waals surface area contributed by atoms with Crippen LogP contribution in [0.3, 0.4) is 0 Å². The van der Waals surface area contributed by atoms with E-state index in [2.05, 4.69) is 20.5 Å². The summed E-state index contributed by atoms with van der Waals surface area (Å²) in [4.78, 5) is 16.8. The zero-order valence-corrected chi connectivity index (χ0v) is 13.8. The van der Waals surface area contributed by atoms with Gasteiger partial charge in [0.2, 0.25) is 5.91 Å². The Morgan fingerprint density at radius 2 is 2.00 bits per heavy atom. The summed E-state index contributed by atoms with van der Waals surface area (Å²) in [6.07, 6.45) is 7.06. The molecule has 0 unspecified atom stereocenters. The molecular formula is C19H20N4O2. The van der Waals surface area contributed by atoms with E-state index in [0.717, 1.165) is 42.2 Å². The lowest BCUT2D eigenvalue weighted by Gasteiger charge is -2.20. The second kappa shape index (κ2) is 6.55. The van der Waals surface area contributed by atoms with Crippen LogP contribution in [0.1, 0.15) is 32.1 Å². The Balaban J connectivity index is 1.63. The lowest BCUT2D eigenvalue weighted by atomic mass is 9.89. The van der Waals surface area contributed by atoms with Gasteiger partial charge in [-0.2, -0.15) is 5.10 Å². The standard InChI is InChI=1S/C19H20N4O2/c24-15-8-4-7-13(9-15)14-10-16-17(20-11-14)22-23-18(16)21-19(25)12-5-2-1-3-6-12/h4,7-12,24H,1-3,5-6H2,(H2,20,21,22,23,25). The molecule has 0 bridgehead atoms. The topological polar surface area (TPSA) is 90.9 Å². The largest absolute Gasteiger partial charge is 0.508 e. The van der Waals surface area contributed by atoms with Gasteiger partial charge in [0.25, 0.3) is 0 Å². The summed E-state index contributed by atoms with van der Waals surface area (Å²) in [6, 6.07) is 8.93. The molecule has 0 spiro atoms. The van der Waals surface area contributed by atoms with Gasteiger partial charge in [-0.25, -0.2) is 4.98 Å². The Hall–Kier alpha value is -2.89. The van der Waals surface area contributed by atoms with Crippen LogP contribution in [-0.4, -0.2) is 26.2 Å². The first-order valence-electron chi connectivity index (χ1n) is 8.65. The van der Waals surface area contributed by atoms with Crippen molar-refractivity contribution in [2.75, 3.05) is 5.32 Å². The third kappa shape index (κ3) is 3.20. The molecule has 2 aromatic heterocycles. The minimum atomic E-state index is 0.0491. The highest BCUT2D eigenvalue weighted by molar-refractivity contribution is 6.00. The van der Waals surface area contributed by atoms with Crippen LogP contribution < -0.4 is 5.32 Å². The number of pyridine rings is 1. The van der Waals surface area contributed by atoms with Crippen LogP contribution >= 0.6 is 0 Å². The van der Waals surface area contributed by atoms with Gasteiger partial charge in [-0.15, -0.1) is 0 Å². The number of nitrogens with zero attached hydrogens (tertiary/aromatic N) is 2. The number of amides is 1. The van der Waals surface area contributed by atoms with E-state index in [0.29, 0.717) is 11.5 Å². The van der Waals surface area contributed by atoms with E-state index >= 15 is 0 Å². The Morgan fingerprint density at radius 1 is 1.16 bits per heavy atom. The van der Waals surface area contributed by atoms with Crippen molar-refractivity contribution >= 4 is 22.8 Å². The van der Waals surface area contributed by atoms with Crippen LogP contribution in [0.25, 0.3) is 22.2 Å². The van der Waals surface area contributed by atoms with Crippen molar-refractivity contribution in [1.82, 2.24) is 15.2 Å². The molecule has 2 heterocycles. The van der Waals surface area contributed by atoms with Crippen LogP contribution in [-0.2, 0) is 4.79 Å². The number of aromatic amines is 1. The van der Waals surface area contributed by atoms with E-state index in [4.69, 9.17) is 0 Å². The highest BCUT2D eigenvalue weighted by Crippen LogP contribution is 2.29. The molecule has 25 heavy (non-hydrogen) atoms. The minimum absolute atomic E-state index is 0.0491. The maximum atomic E-state index is 12.5. The zero-order chi connectivity index (χ0) is 17.2. The Labute approximate surface area is 145 Å². The highest BCUT2D eigenvalue weighted by atomic mass is 16.3. The molecule has 3 aromatic rings. The molecule has 6 heteroatoms. The molecule has 3 N–H and O–H groups in total. The molecule has 1 aromatic carbocycles. The maximum Gasteiger partial charge on any atom is 0.228 e. The van der Waals surface area contributed by atoms with Crippen molar-refractivity contribution in [2.24, 2.45) is 5.92 Å². The van der Waals surface area contributed by atoms with E-state index in [-0.39, 0.29) is 17.6 Å². The summed E-state index contributed by atoms with van der Waals surface area (Å²) in [5, 5.41) is 20.5. The van der Waals surface area contributed by atoms with E-state index in [1.54, 1.807) is 24.4 Å². The van der Waals surface area contributed by atoms with Gasteiger partial charge in [0.1, 0.15) is 11.6 Å². The van der Waals surface area contributed by atoms with Crippen molar-refractivity contribution in [3.05, 3.63) is 36.5 Å². The van der Waals surface area contributed by atoms with Crippen LogP contribution in [0, 0.1) is 5.92 Å². The van der Waals surface area contributed by atoms with Crippen molar-refractivity contribution in [1.29, 1.82) is 0 Å². The number of H-pyrrole nitrogens is 1. The number of aromatic hydroxyl groups is 1. The lowest BCUT2D eigenvalue weighted by Crippen LogP contribution is -2.24. The third-order valence-corrected chi connectivity index (χ3v) is 4.81. The molecule has 0 aliphatic heterocycles. The number of fused-ring (bicyclic) bond motifs is 1. The molecule has 1 fully saturated rings. The smallest absolute Gasteiger partial charge is 0.228 e. The fraction of sp³-hybridized carbons (Fsp3) is 0.316. The van der Waals surface area contributed by atoms with Gasteiger partial charge in [-0.3, -0.25) is 9.89 Å². The van der Waals surface area contributed by atoms with E-state index < -0.39 is 0 Å². The quantitative estimate of drug-likeness (QED) is 0.677. The predicted molar refractivity (Wildman–Crippen MR) is 96.2 cm³/mol. The molecule has 0 radical (unpaired) electrons. The van der Waals surface area contributed by atoms with Gasteiger partial charge in [0.05, 0.1) is 5.39 Å². The van der Waals surface area contributed by atoms with Gasteiger partial charge in [0.15, 0.2) is 5.65 Å². The average Bonchev–Trinajstić information content (AvgIpc) is 3.04. The first-order chi connectivity index (χ1) is 12.2. The first-order valence-corrected chi connectivity index (χ1v) is 8.65. The molecule has 4 rings (SSSR count). The number of carbonyl (C=O) groups excluding carboxylic acids is 1. The SMILES string of the molecule is O=C(Nc1[nH]nc2ncc(-c3cccc(O)c3)cc12)C1CCCCC1. The van der Waals surface area contributed by atoms with Crippen LogP contribution in [0.2, 0.25) is 0 Å². The van der Waals surface area contributed by atoms with E-state index in [1.807, 2.05) is 12.1 Å². The number of rotatable bonds is 3. The number of aromatic nitrogens is 3. The summed E-state index contributed by atoms with van der Waals surface area (Å²) >= 11 is 0. The van der Waals surface area contributed by atoms with Gasteiger partial charge in [0, 0.05) is 17.7 Å². The van der Waals surface area contributed by atoms with Gasteiger partial charge in [-0.05, 0) is 36.6 Å². The number of carbonyl (C=O) groups is 1. The number of benzene rings is 1. The second-order valence-electron chi connectivity index (χ2n) is 6.57. The third-order valence-electron chi connectivity index (χ3n) is 4.81. The number of nitrogens with one attached hydrogen (secondary N) is 2. The predicted octanol–water partition coefficient (Wildman–Crippen LogP) is 3.85. The van der Waals surface area contributed by atoms with E-state index in [1.165, 1.54) is 6.42 Å². The van der Waals surface area contributed by atoms with Crippen molar-refractivity contribution < 1.29 is 9.90 Å². The normalized spacial score (nSPS) is 15.4. The molecule has 0 atom stereocenters. The zero-order valence-electron chi connectivity index (χ0n) is 13.8. The molecule has 1 amide bonds. The number of phenolic OH excluding ortho intramolecular Hbond substituents is 1. The average molecular weight is 336 g/mol. The first kappa shape index (κ1) is 15.6. The molecule has 1 aliphatic rings. The number of hydrogen-bond acceptors (Lipinski definition) is 4. The lowest BCUT2D eigenvalue weighted by molar-refractivity contribution is -0.120. The summed E-state index contributed by atoms with van der Waals surface area (Å²) < 4.78 is 0. The summed E-state index contributed by atoms with van der Waals surface area (Å²) in [5.74, 6) is 0.915. The fourth-order valence-corrected chi connectivity index (χ4v) is 3.43. The number of anilines is 1. The second-order valence-corrected chi connectivity index (χ2v) is 6.57. The van der Waals surface area contributed by atoms with Crippen molar-refractivity contribution in [2.45, 2.75) is 32.1 Å². The summed E-state index contributed by atoms with van der Waals surface area (Å²) in [6.45, 7) is 0. The fourth-order valence-electron chi connectivity index (χ4n) is 3.43. The maximum absolute atomic E-state index is 12.5. The number of hydrogen-bond donors (Lipinski definition) is 3. The summed E-state index contributed by atoms with van der Waals surface area (Å²) in [5.41, 5.74) is 2.28.